The molecular weight excluding hydrogens is 698 g/mol. The molecule has 0 saturated carbocycles. The van der Waals surface area contributed by atoms with Crippen molar-refractivity contribution < 1.29 is 50.6 Å². The first-order chi connectivity index (χ1) is 22.4. The van der Waals surface area contributed by atoms with Crippen molar-refractivity contribution in [3.05, 3.63) is 155 Å². The fourth-order valence-corrected chi connectivity index (χ4v) is 4.51. The van der Waals surface area contributed by atoms with Crippen LogP contribution in [0.15, 0.2) is 97.1 Å². The number of hydrogen-bond acceptors (Lipinski definition) is 0. The van der Waals surface area contributed by atoms with E-state index in [2.05, 4.69) is 106 Å². The molecule has 0 heterocycles. The molecule has 0 unspecified atom stereocenters. The van der Waals surface area contributed by atoms with Crippen LogP contribution < -0.4 is 0 Å². The topological polar surface area (TPSA) is 0 Å². The van der Waals surface area contributed by atoms with E-state index >= 15 is 0 Å². The minimum absolute atomic E-state index is 0.167. The molecule has 0 bridgehead atoms. The van der Waals surface area contributed by atoms with Gasteiger partial charge in [-0.2, -0.15) is 117 Å². The van der Waals surface area contributed by atoms with E-state index in [1.54, 1.807) is 0 Å². The monoisotopic (exact) mass is 736 g/mol. The van der Waals surface area contributed by atoms with Crippen molar-refractivity contribution in [3.63, 3.8) is 0 Å². The zero-order chi connectivity index (χ0) is 36.2. The van der Waals surface area contributed by atoms with E-state index in [1.807, 2.05) is 12.2 Å². The molecular formula is C41H40F6Zr-4. The van der Waals surface area contributed by atoms with E-state index in [-0.39, 0.29) is 10.8 Å². The molecule has 0 amide bonds. The number of benzene rings is 4. The molecule has 7 heteroatoms. The SMILES string of the molecule is CC(C)(C)c1[c-]c2c(cc1)-c1ccc(C(C)(C)C)cc1C2.FC(F)(F)c1c[c-]ccc1.FC(F)(F)c1c[c-]ccc1.[C-]1=CC=CC1.[CH2]=[Zr]. The van der Waals surface area contributed by atoms with Crippen molar-refractivity contribution in [3.8, 4) is 11.1 Å². The third-order valence-corrected chi connectivity index (χ3v) is 7.12. The Balaban J connectivity index is 0.000000248. The van der Waals surface area contributed by atoms with Crippen LogP contribution in [0.25, 0.3) is 11.1 Å². The molecule has 4 aromatic carbocycles. The third-order valence-electron chi connectivity index (χ3n) is 7.12. The van der Waals surface area contributed by atoms with E-state index in [4.69, 9.17) is 0 Å². The summed E-state index contributed by atoms with van der Waals surface area (Å²) in [5.74, 6) is 0. The molecule has 0 nitrogen and oxygen atoms in total. The minimum atomic E-state index is -4.24. The normalized spacial score (nSPS) is 12.8. The van der Waals surface area contributed by atoms with Gasteiger partial charge in [0, 0.05) is 0 Å². The maximum atomic E-state index is 11.8. The number of allylic oxidation sites excluding steroid dienone is 4. The van der Waals surface area contributed by atoms with Crippen molar-refractivity contribution in [2.75, 3.05) is 0 Å². The molecule has 0 radical (unpaired) electrons. The fourth-order valence-electron chi connectivity index (χ4n) is 4.51. The third kappa shape index (κ3) is 13.0. The van der Waals surface area contributed by atoms with Crippen molar-refractivity contribution in [1.82, 2.24) is 0 Å². The second-order valence-electron chi connectivity index (χ2n) is 12.9. The van der Waals surface area contributed by atoms with Crippen LogP contribution in [0.2, 0.25) is 0 Å². The Bertz CT molecular complexity index is 1500. The van der Waals surface area contributed by atoms with Gasteiger partial charge in [0.25, 0.3) is 0 Å². The Morgan fingerprint density at radius 1 is 0.667 bits per heavy atom. The van der Waals surface area contributed by atoms with Crippen molar-refractivity contribution in [2.24, 2.45) is 0 Å². The predicted molar refractivity (Wildman–Crippen MR) is 180 cm³/mol. The number of rotatable bonds is 0. The van der Waals surface area contributed by atoms with Gasteiger partial charge < -0.3 is 0 Å². The zero-order valence-electron chi connectivity index (χ0n) is 28.1. The first-order valence-electron chi connectivity index (χ1n) is 15.2. The van der Waals surface area contributed by atoms with Gasteiger partial charge in [-0.3, -0.25) is 6.08 Å². The molecule has 0 aliphatic heterocycles. The number of fused-ring (bicyclic) bond motifs is 3. The summed E-state index contributed by atoms with van der Waals surface area (Å²) in [6, 6.07) is 29.2. The van der Waals surface area contributed by atoms with Gasteiger partial charge in [-0.1, -0.05) is 76.4 Å². The summed E-state index contributed by atoms with van der Waals surface area (Å²) in [5, 5.41) is 0. The van der Waals surface area contributed by atoms with Crippen molar-refractivity contribution in [2.45, 2.75) is 77.6 Å². The molecule has 0 aromatic heterocycles. The molecule has 0 N–H and O–H groups in total. The van der Waals surface area contributed by atoms with Gasteiger partial charge in [-0.15, -0.1) is 17.5 Å². The second-order valence-corrected chi connectivity index (χ2v) is 12.9. The Morgan fingerprint density at radius 2 is 1.21 bits per heavy atom. The fraction of sp³-hybridized carbons (Fsp3) is 0.293. The molecule has 2 aliphatic rings. The van der Waals surface area contributed by atoms with Crippen molar-refractivity contribution >= 4 is 4.21 Å². The van der Waals surface area contributed by atoms with Crippen LogP contribution in [0.4, 0.5) is 26.3 Å². The van der Waals surface area contributed by atoms with E-state index in [0.717, 1.165) is 37.1 Å². The summed E-state index contributed by atoms with van der Waals surface area (Å²) < 4.78 is 73.9. The summed E-state index contributed by atoms with van der Waals surface area (Å²) in [7, 11) is 0. The molecule has 254 valence electrons. The molecule has 48 heavy (non-hydrogen) atoms. The molecule has 0 saturated heterocycles. The van der Waals surface area contributed by atoms with Gasteiger partial charge >= 0.3 is 40.8 Å². The van der Waals surface area contributed by atoms with Gasteiger partial charge in [0.1, 0.15) is 0 Å². The molecule has 4 aromatic rings. The van der Waals surface area contributed by atoms with Gasteiger partial charge in [-0.25, -0.2) is 12.2 Å². The Labute approximate surface area is 296 Å². The Kier molecular flexibility index (Phi) is 15.2. The summed E-state index contributed by atoms with van der Waals surface area (Å²) in [6.45, 7) is 13.6. The molecule has 0 fully saturated rings. The standard InChI is InChI=1S/C21H25.2C7H4F3.C5H5.CH2.Zr/c1-20(2,3)16-7-9-18-14(12-16)11-15-13-17(21(4,5)6)8-10-19(15)18;2*8-7(9,10)6-4-2-1-3-5-6;1-2-4-5-3-1;;/h7-10,12H,11H2,1-6H3;2*1-2,4-5H;1-3H,4H2;1H2;/q4*-1;;. The van der Waals surface area contributed by atoms with Crippen LogP contribution in [0.5, 0.6) is 0 Å². The Morgan fingerprint density at radius 3 is 1.56 bits per heavy atom. The van der Waals surface area contributed by atoms with E-state index in [1.165, 1.54) is 81.9 Å². The zero-order valence-corrected chi connectivity index (χ0v) is 30.6. The summed E-state index contributed by atoms with van der Waals surface area (Å²) >= 11 is 1.30. The van der Waals surface area contributed by atoms with Gasteiger partial charge in [0.05, 0.1) is 0 Å². The number of alkyl halides is 6. The van der Waals surface area contributed by atoms with Crippen LogP contribution >= 0.6 is 0 Å². The first kappa shape index (κ1) is 40.9. The molecule has 0 spiro atoms. The number of hydrogen-bond donors (Lipinski definition) is 0. The quantitative estimate of drug-likeness (QED) is 0.110. The predicted octanol–water partition coefficient (Wildman–Crippen LogP) is 11.9. The first-order valence-corrected chi connectivity index (χ1v) is 16.9. The van der Waals surface area contributed by atoms with E-state index in [0.29, 0.717) is 0 Å². The second kappa shape index (κ2) is 17.9. The number of halogens is 6. The van der Waals surface area contributed by atoms with Gasteiger partial charge in [0.15, 0.2) is 0 Å². The summed E-state index contributed by atoms with van der Waals surface area (Å²) in [6.07, 6.45) is 2.55. The summed E-state index contributed by atoms with van der Waals surface area (Å²) in [5.41, 5.74) is 7.39. The van der Waals surface area contributed by atoms with Gasteiger partial charge in [0.2, 0.25) is 0 Å². The van der Waals surface area contributed by atoms with Crippen LogP contribution in [-0.2, 0) is 53.8 Å². The van der Waals surface area contributed by atoms with Crippen molar-refractivity contribution in [1.29, 1.82) is 0 Å². The summed E-state index contributed by atoms with van der Waals surface area (Å²) in [4.78, 5) is 0. The van der Waals surface area contributed by atoms with Crippen LogP contribution in [0, 0.1) is 24.3 Å². The Hall–Kier alpha value is -3.31. The average Bonchev–Trinajstić information content (AvgIpc) is 3.73. The average molecular weight is 738 g/mol. The van der Waals surface area contributed by atoms with E-state index in [9.17, 15) is 26.3 Å². The van der Waals surface area contributed by atoms with Crippen LogP contribution in [-0.4, -0.2) is 4.21 Å². The molecule has 6 rings (SSSR count). The van der Waals surface area contributed by atoms with E-state index < -0.39 is 23.5 Å². The maximum absolute atomic E-state index is 11.8. The van der Waals surface area contributed by atoms with Crippen LogP contribution in [0.1, 0.15) is 81.3 Å². The molecule has 2 aliphatic carbocycles. The molecule has 0 atom stereocenters. The van der Waals surface area contributed by atoms with Gasteiger partial charge in [-0.05, 0) is 28.4 Å². The van der Waals surface area contributed by atoms with Crippen LogP contribution in [0.3, 0.4) is 0 Å².